The van der Waals surface area contributed by atoms with Crippen LogP contribution < -0.4 is 21.3 Å². The Morgan fingerprint density at radius 3 is 1.50 bits per heavy atom. The summed E-state index contributed by atoms with van der Waals surface area (Å²) in [6.45, 7) is 5.63. The first-order valence-electron chi connectivity index (χ1n) is 11.0. The van der Waals surface area contributed by atoms with Crippen molar-refractivity contribution in [1.29, 1.82) is 0 Å². The van der Waals surface area contributed by atoms with Crippen molar-refractivity contribution >= 4 is 80.4 Å². The number of thiocarbonyl (C=S) groups is 2. The van der Waals surface area contributed by atoms with E-state index in [0.717, 1.165) is 50.5 Å². The van der Waals surface area contributed by atoms with Gasteiger partial charge in [0, 0.05) is 37.7 Å². The van der Waals surface area contributed by atoms with Crippen molar-refractivity contribution < 1.29 is 9.47 Å². The largest absolute Gasteiger partial charge is 0.378 e. The Bertz CT molecular complexity index is 909. The predicted octanol–water partition coefficient (Wildman–Crippen LogP) is 0.920. The highest BCUT2D eigenvalue weighted by Gasteiger charge is 2.20. The van der Waals surface area contributed by atoms with Crippen molar-refractivity contribution in [2.75, 3.05) is 85.4 Å². The maximum Gasteiger partial charge on any atom is 0.247 e. The van der Waals surface area contributed by atoms with Crippen LogP contribution in [0, 0.1) is 0 Å². The maximum atomic E-state index is 6.03. The molecule has 0 radical (unpaired) electrons. The van der Waals surface area contributed by atoms with Crippen molar-refractivity contribution in [3.8, 4) is 0 Å². The number of aromatic nitrogens is 6. The number of ether oxygens (including phenoxy) is 2. The lowest BCUT2D eigenvalue weighted by Crippen LogP contribution is -2.37. The van der Waals surface area contributed by atoms with Gasteiger partial charge in [0.1, 0.15) is 0 Å². The Hall–Kier alpha value is -1.72. The van der Waals surface area contributed by atoms with E-state index < -0.39 is 0 Å². The average molecular weight is 545 g/mol. The highest BCUT2D eigenvalue weighted by molar-refractivity contribution is 8.23. The van der Waals surface area contributed by atoms with Crippen LogP contribution in [0.2, 0.25) is 0 Å². The van der Waals surface area contributed by atoms with E-state index in [-0.39, 0.29) is 0 Å². The van der Waals surface area contributed by atoms with E-state index in [0.29, 0.717) is 58.9 Å². The smallest absolute Gasteiger partial charge is 0.247 e. The second-order valence-electron chi connectivity index (χ2n) is 7.50. The monoisotopic (exact) mass is 544 g/mol. The molecule has 0 spiro atoms. The molecule has 2 aromatic rings. The summed E-state index contributed by atoms with van der Waals surface area (Å²) in [5.41, 5.74) is 12.1. The first kappa shape index (κ1) is 25.4. The fourth-order valence-electron chi connectivity index (χ4n) is 3.33. The van der Waals surface area contributed by atoms with Gasteiger partial charge in [0.2, 0.25) is 23.8 Å². The van der Waals surface area contributed by atoms with Crippen LogP contribution in [0.15, 0.2) is 0 Å². The summed E-state index contributed by atoms with van der Waals surface area (Å²) in [5.74, 6) is 3.51. The zero-order chi connectivity index (χ0) is 23.9. The summed E-state index contributed by atoms with van der Waals surface area (Å²) < 4.78 is 15.0. The van der Waals surface area contributed by atoms with Gasteiger partial charge in [-0.1, -0.05) is 48.0 Å². The van der Waals surface area contributed by atoms with Gasteiger partial charge in [-0.15, -0.1) is 10.2 Å². The molecule has 12 nitrogen and oxygen atoms in total. The van der Waals surface area contributed by atoms with Crippen LogP contribution in [0.3, 0.4) is 0 Å². The third-order valence-electron chi connectivity index (χ3n) is 5.17. The average Bonchev–Trinajstić information content (AvgIpc) is 3.45. The zero-order valence-corrected chi connectivity index (χ0v) is 21.9. The molecule has 0 amide bonds. The fraction of sp³-hybridized carbons (Fsp3) is 0.667. The number of hydrogen-bond donors (Lipinski definition) is 2. The maximum absolute atomic E-state index is 6.03. The van der Waals surface area contributed by atoms with Gasteiger partial charge in [0.25, 0.3) is 0 Å². The van der Waals surface area contributed by atoms with Gasteiger partial charge in [0.15, 0.2) is 8.64 Å². The molecule has 0 bridgehead atoms. The molecule has 0 atom stereocenters. The summed E-state index contributed by atoms with van der Waals surface area (Å²) >= 11 is 14.1. The van der Waals surface area contributed by atoms with Gasteiger partial charge in [-0.2, -0.15) is 19.3 Å². The van der Waals surface area contributed by atoms with E-state index in [9.17, 15) is 0 Å². The summed E-state index contributed by atoms with van der Waals surface area (Å²) in [6.07, 6.45) is 1.94. The molecule has 4 N–H and O–H groups in total. The quantitative estimate of drug-likeness (QED) is 0.377. The minimum atomic E-state index is 0.307. The minimum Gasteiger partial charge on any atom is -0.378 e. The SMILES string of the molecule is Nc1nc(N2CCOCC2)nn1C(=S)SCCCCSC(=S)n1nc(N2CCOCC2)nc1N. The van der Waals surface area contributed by atoms with Gasteiger partial charge in [0.05, 0.1) is 26.4 Å². The molecule has 0 aliphatic carbocycles. The number of rotatable bonds is 7. The Labute approximate surface area is 217 Å². The highest BCUT2D eigenvalue weighted by Crippen LogP contribution is 2.20. The Morgan fingerprint density at radius 1 is 0.735 bits per heavy atom. The lowest BCUT2D eigenvalue weighted by molar-refractivity contribution is 0.122. The summed E-state index contributed by atoms with van der Waals surface area (Å²) in [4.78, 5) is 12.8. The van der Waals surface area contributed by atoms with Crippen LogP contribution in [-0.4, -0.2) is 102 Å². The van der Waals surface area contributed by atoms with Gasteiger partial charge >= 0.3 is 0 Å². The third kappa shape index (κ3) is 6.48. The molecule has 0 saturated carbocycles. The van der Waals surface area contributed by atoms with Crippen LogP contribution in [0.5, 0.6) is 0 Å². The topological polar surface area (TPSA) is 138 Å². The summed E-state index contributed by atoms with van der Waals surface area (Å²) in [6, 6.07) is 0. The van der Waals surface area contributed by atoms with Gasteiger partial charge < -0.3 is 30.7 Å². The van der Waals surface area contributed by atoms with Gasteiger partial charge in [-0.3, -0.25) is 0 Å². The number of thioether (sulfide) groups is 2. The van der Waals surface area contributed by atoms with Crippen molar-refractivity contribution in [2.24, 2.45) is 0 Å². The first-order valence-corrected chi connectivity index (χ1v) is 13.8. The first-order chi connectivity index (χ1) is 16.5. The number of unbranched alkanes of at least 4 members (excludes halogenated alkanes) is 1. The van der Waals surface area contributed by atoms with E-state index >= 15 is 0 Å². The minimum absolute atomic E-state index is 0.307. The standard InChI is InChI=1S/C18H28N10O2S4/c19-13-21-15(25-3-7-29-8-4-25)23-27(13)17(31)33-11-1-2-12-34-18(32)28-14(20)22-16(24-28)26-5-9-30-10-6-26/h1-12H2,(H2,19,21,23)(H2,20,22,24). The number of anilines is 4. The molecule has 2 saturated heterocycles. The van der Waals surface area contributed by atoms with Gasteiger partial charge in [-0.05, 0) is 12.8 Å². The number of hydrogen-bond acceptors (Lipinski definition) is 14. The molecule has 2 fully saturated rings. The Balaban J connectivity index is 1.16. The molecule has 2 aromatic heterocycles. The van der Waals surface area contributed by atoms with E-state index in [1.807, 2.05) is 0 Å². The molecule has 4 rings (SSSR count). The normalized spacial score (nSPS) is 16.7. The number of nitrogens with zero attached hydrogens (tertiary/aromatic N) is 8. The summed E-state index contributed by atoms with van der Waals surface area (Å²) in [5, 5.41) is 8.96. The fourth-order valence-corrected chi connectivity index (χ4v) is 5.66. The second-order valence-corrected chi connectivity index (χ2v) is 11.0. The molecular formula is C18H28N10O2S4. The van der Waals surface area contributed by atoms with E-state index in [4.69, 9.17) is 45.4 Å². The van der Waals surface area contributed by atoms with Crippen molar-refractivity contribution in [2.45, 2.75) is 12.8 Å². The Morgan fingerprint density at radius 2 is 1.12 bits per heavy atom. The molecule has 4 heterocycles. The lowest BCUT2D eigenvalue weighted by Gasteiger charge is -2.25. The Kier molecular flexibility index (Phi) is 9.18. The summed E-state index contributed by atoms with van der Waals surface area (Å²) in [7, 11) is 0. The van der Waals surface area contributed by atoms with E-state index in [1.54, 1.807) is 23.5 Å². The molecular weight excluding hydrogens is 517 g/mol. The highest BCUT2D eigenvalue weighted by atomic mass is 32.2. The van der Waals surface area contributed by atoms with Crippen LogP contribution in [-0.2, 0) is 9.47 Å². The molecule has 34 heavy (non-hydrogen) atoms. The molecule has 186 valence electrons. The molecule has 2 aliphatic heterocycles. The van der Waals surface area contributed by atoms with Crippen molar-refractivity contribution in [3.05, 3.63) is 0 Å². The van der Waals surface area contributed by atoms with Crippen LogP contribution in [0.1, 0.15) is 12.8 Å². The molecule has 2 aliphatic rings. The van der Waals surface area contributed by atoms with E-state index in [1.165, 1.54) is 9.36 Å². The van der Waals surface area contributed by atoms with Crippen LogP contribution in [0.4, 0.5) is 23.8 Å². The van der Waals surface area contributed by atoms with Crippen molar-refractivity contribution in [3.63, 3.8) is 0 Å². The van der Waals surface area contributed by atoms with Gasteiger partial charge in [-0.25, -0.2) is 0 Å². The molecule has 0 unspecified atom stereocenters. The lowest BCUT2D eigenvalue weighted by atomic mass is 10.4. The predicted molar refractivity (Wildman–Crippen MR) is 145 cm³/mol. The van der Waals surface area contributed by atoms with E-state index in [2.05, 4.69) is 30.0 Å². The second kappa shape index (κ2) is 12.3. The van der Waals surface area contributed by atoms with Crippen molar-refractivity contribution in [1.82, 2.24) is 29.5 Å². The zero-order valence-electron chi connectivity index (χ0n) is 18.7. The molecule has 16 heteroatoms. The number of morpholine rings is 2. The van der Waals surface area contributed by atoms with Crippen LogP contribution in [0.25, 0.3) is 0 Å². The molecule has 0 aromatic carbocycles. The number of nitrogen functional groups attached to an aromatic ring is 2. The number of nitrogens with two attached hydrogens (primary N) is 2. The van der Waals surface area contributed by atoms with Crippen LogP contribution >= 0.6 is 48.0 Å². The third-order valence-corrected chi connectivity index (χ3v) is 8.04.